The van der Waals surface area contributed by atoms with E-state index in [4.69, 9.17) is 24.1 Å². The number of hydrogen-bond donors (Lipinski definition) is 5. The Balaban J connectivity index is 2.35. The Morgan fingerprint density at radius 1 is 1.11 bits per heavy atom. The van der Waals surface area contributed by atoms with E-state index in [1.54, 1.807) is 0 Å². The maximum absolute atomic E-state index is 10.7. The molecule has 0 radical (unpaired) electrons. The van der Waals surface area contributed by atoms with Crippen molar-refractivity contribution in [3.8, 4) is 17.2 Å². The van der Waals surface area contributed by atoms with Crippen molar-refractivity contribution in [3.63, 3.8) is 0 Å². The van der Waals surface area contributed by atoms with Crippen LogP contribution < -0.4 is 14.2 Å². The second-order valence-electron chi connectivity index (χ2n) is 5.74. The predicted octanol–water partition coefficient (Wildman–Crippen LogP) is -1.02. The van der Waals surface area contributed by atoms with Gasteiger partial charge < -0.3 is 44.5 Å². The van der Waals surface area contributed by atoms with Crippen molar-refractivity contribution in [2.45, 2.75) is 30.7 Å². The van der Waals surface area contributed by atoms with Crippen LogP contribution >= 0.6 is 0 Å². The van der Waals surface area contributed by atoms with Gasteiger partial charge in [-0.05, 0) is 23.8 Å². The Labute approximate surface area is 154 Å². The molecule has 5 atom stereocenters. The number of aliphatic hydroxyl groups excluding tert-OH is 4. The molecule has 0 unspecified atom stereocenters. The highest BCUT2D eigenvalue weighted by molar-refractivity contribution is 5.85. The van der Waals surface area contributed by atoms with Crippen LogP contribution in [0.15, 0.2) is 18.2 Å². The van der Waals surface area contributed by atoms with Crippen molar-refractivity contribution in [2.24, 2.45) is 0 Å². The van der Waals surface area contributed by atoms with Crippen molar-refractivity contribution in [2.75, 3.05) is 20.8 Å². The SMILES string of the molecule is COc1cc(/C=C\C(=O)O)cc(OC)c1O[C@@H]1O[C@H](CO)[C@@H](O)[C@H](O)[C@H]1O. The smallest absolute Gasteiger partial charge is 0.328 e. The van der Waals surface area contributed by atoms with Gasteiger partial charge in [0.25, 0.3) is 0 Å². The molecule has 5 N–H and O–H groups in total. The monoisotopic (exact) mass is 386 g/mol. The van der Waals surface area contributed by atoms with Gasteiger partial charge in [0.1, 0.15) is 24.4 Å². The molecule has 1 saturated heterocycles. The summed E-state index contributed by atoms with van der Waals surface area (Å²) in [4.78, 5) is 10.7. The van der Waals surface area contributed by atoms with Crippen LogP contribution in [-0.2, 0) is 9.53 Å². The topological polar surface area (TPSA) is 155 Å². The zero-order valence-corrected chi connectivity index (χ0v) is 14.7. The van der Waals surface area contributed by atoms with Crippen molar-refractivity contribution in [1.82, 2.24) is 0 Å². The zero-order chi connectivity index (χ0) is 20.1. The van der Waals surface area contributed by atoms with E-state index in [1.807, 2.05) is 0 Å². The van der Waals surface area contributed by atoms with Gasteiger partial charge in [0.15, 0.2) is 11.5 Å². The summed E-state index contributed by atoms with van der Waals surface area (Å²) in [6.07, 6.45) is -5.03. The summed E-state index contributed by atoms with van der Waals surface area (Å²) in [7, 11) is 2.69. The average molecular weight is 386 g/mol. The van der Waals surface area contributed by atoms with E-state index in [2.05, 4.69) is 0 Å². The lowest BCUT2D eigenvalue weighted by atomic mass is 9.99. The fourth-order valence-electron chi connectivity index (χ4n) is 2.56. The zero-order valence-electron chi connectivity index (χ0n) is 14.7. The molecule has 1 aliphatic rings. The normalized spacial score (nSPS) is 28.1. The highest BCUT2D eigenvalue weighted by atomic mass is 16.7. The molecule has 1 aliphatic heterocycles. The highest BCUT2D eigenvalue weighted by Gasteiger charge is 2.45. The summed E-state index contributed by atoms with van der Waals surface area (Å²) in [5.74, 6) is -0.806. The second kappa shape index (κ2) is 9.02. The molecule has 27 heavy (non-hydrogen) atoms. The average Bonchev–Trinajstić information content (AvgIpc) is 2.66. The van der Waals surface area contributed by atoms with Crippen LogP contribution in [0.25, 0.3) is 6.08 Å². The third kappa shape index (κ3) is 4.67. The fourth-order valence-corrected chi connectivity index (χ4v) is 2.56. The summed E-state index contributed by atoms with van der Waals surface area (Å²) in [6, 6.07) is 2.95. The molecule has 0 bridgehead atoms. The Bertz CT molecular complexity index is 661. The predicted molar refractivity (Wildman–Crippen MR) is 90.6 cm³/mol. The molecule has 10 heteroatoms. The standard InChI is InChI=1S/C17H22O10/c1-24-9-5-8(3-4-12(19)20)6-10(25-2)16(9)27-17-15(23)14(22)13(21)11(7-18)26-17/h3-6,11,13-15,17-18,21-23H,7H2,1-2H3,(H,19,20)/b4-3-/t11-,13-,14+,15-,17+/m1/s1. The number of methoxy groups -OCH3 is 2. The summed E-state index contributed by atoms with van der Waals surface area (Å²) in [6.45, 7) is -0.599. The van der Waals surface area contributed by atoms with Gasteiger partial charge in [-0.25, -0.2) is 4.79 Å². The minimum atomic E-state index is -1.61. The molecular formula is C17H22O10. The lowest BCUT2D eigenvalue weighted by Crippen LogP contribution is -2.60. The van der Waals surface area contributed by atoms with Crippen molar-refractivity contribution < 1.29 is 49.3 Å². The van der Waals surface area contributed by atoms with Crippen molar-refractivity contribution >= 4 is 12.0 Å². The minimum Gasteiger partial charge on any atom is -0.493 e. The number of carbonyl (C=O) groups is 1. The first-order valence-corrected chi connectivity index (χ1v) is 7.96. The lowest BCUT2D eigenvalue weighted by molar-refractivity contribution is -0.277. The minimum absolute atomic E-state index is 0.0248. The molecule has 2 rings (SSSR count). The molecule has 0 saturated carbocycles. The van der Waals surface area contributed by atoms with Gasteiger partial charge in [-0.15, -0.1) is 0 Å². The first kappa shape index (κ1) is 20.9. The molecule has 1 heterocycles. The molecular weight excluding hydrogens is 364 g/mol. The maximum Gasteiger partial charge on any atom is 0.328 e. The molecule has 0 amide bonds. The van der Waals surface area contributed by atoms with Crippen LogP contribution in [0.4, 0.5) is 0 Å². The summed E-state index contributed by atoms with van der Waals surface area (Å²) >= 11 is 0. The first-order chi connectivity index (χ1) is 12.8. The molecule has 1 aromatic rings. The van der Waals surface area contributed by atoms with Crippen molar-refractivity contribution in [3.05, 3.63) is 23.8 Å². The number of carboxylic acids is 1. The molecule has 0 spiro atoms. The number of ether oxygens (including phenoxy) is 4. The summed E-state index contributed by atoms with van der Waals surface area (Å²) in [5.41, 5.74) is 0.451. The van der Waals surface area contributed by atoms with Gasteiger partial charge in [0.2, 0.25) is 12.0 Å². The second-order valence-corrected chi connectivity index (χ2v) is 5.74. The van der Waals surface area contributed by atoms with Crippen LogP contribution in [0, 0.1) is 0 Å². The Morgan fingerprint density at radius 3 is 2.19 bits per heavy atom. The third-order valence-electron chi connectivity index (χ3n) is 3.98. The van der Waals surface area contributed by atoms with Crippen LogP contribution in [0.5, 0.6) is 17.2 Å². The molecule has 10 nitrogen and oxygen atoms in total. The Hall–Kier alpha value is -2.37. The number of rotatable bonds is 7. The van der Waals surface area contributed by atoms with Gasteiger partial charge in [-0.2, -0.15) is 0 Å². The Morgan fingerprint density at radius 2 is 1.70 bits per heavy atom. The number of carboxylic acid groups (broad SMARTS) is 1. The number of benzene rings is 1. The van der Waals surface area contributed by atoms with E-state index < -0.39 is 43.3 Å². The number of hydrogen-bond acceptors (Lipinski definition) is 9. The van der Waals surface area contributed by atoms with Crippen LogP contribution in [-0.4, -0.2) is 83.0 Å². The van der Waals surface area contributed by atoms with Crippen LogP contribution in [0.2, 0.25) is 0 Å². The van der Waals surface area contributed by atoms with E-state index in [0.717, 1.165) is 6.08 Å². The van der Waals surface area contributed by atoms with E-state index in [-0.39, 0.29) is 17.2 Å². The van der Waals surface area contributed by atoms with Gasteiger partial charge in [-0.1, -0.05) is 0 Å². The summed E-state index contributed by atoms with van der Waals surface area (Å²) < 4.78 is 21.4. The molecule has 0 aliphatic carbocycles. The third-order valence-corrected chi connectivity index (χ3v) is 3.98. The van der Waals surface area contributed by atoms with E-state index in [1.165, 1.54) is 32.4 Å². The fraction of sp³-hybridized carbons (Fsp3) is 0.471. The number of aliphatic hydroxyl groups is 4. The van der Waals surface area contributed by atoms with Gasteiger partial charge in [-0.3, -0.25) is 0 Å². The van der Waals surface area contributed by atoms with E-state index in [0.29, 0.717) is 5.56 Å². The van der Waals surface area contributed by atoms with E-state index >= 15 is 0 Å². The van der Waals surface area contributed by atoms with Crippen LogP contribution in [0.1, 0.15) is 5.56 Å². The van der Waals surface area contributed by atoms with Gasteiger partial charge >= 0.3 is 5.97 Å². The quantitative estimate of drug-likeness (QED) is 0.368. The van der Waals surface area contributed by atoms with Gasteiger partial charge in [0, 0.05) is 6.08 Å². The van der Waals surface area contributed by atoms with Crippen LogP contribution in [0.3, 0.4) is 0 Å². The highest BCUT2D eigenvalue weighted by Crippen LogP contribution is 2.40. The molecule has 0 aromatic heterocycles. The largest absolute Gasteiger partial charge is 0.493 e. The number of aliphatic carboxylic acids is 1. The maximum atomic E-state index is 10.7. The van der Waals surface area contributed by atoms with E-state index in [9.17, 15) is 25.2 Å². The first-order valence-electron chi connectivity index (χ1n) is 7.96. The Kier molecular flexibility index (Phi) is 6.99. The summed E-state index contributed by atoms with van der Waals surface area (Å²) in [5, 5.41) is 47.8. The van der Waals surface area contributed by atoms with Crippen molar-refractivity contribution in [1.29, 1.82) is 0 Å². The molecule has 1 aromatic carbocycles. The molecule has 150 valence electrons. The lowest BCUT2D eigenvalue weighted by Gasteiger charge is -2.39. The molecule has 1 fully saturated rings. The van der Waals surface area contributed by atoms with Gasteiger partial charge in [0.05, 0.1) is 20.8 Å².